The number of hydrogen-bond acceptors (Lipinski definition) is 2. The van der Waals surface area contributed by atoms with Crippen LogP contribution in [0.25, 0.3) is 0 Å². The van der Waals surface area contributed by atoms with Gasteiger partial charge >= 0.3 is 0 Å². The van der Waals surface area contributed by atoms with Crippen LogP contribution in [0.15, 0.2) is 30.3 Å². The molecule has 0 heterocycles. The van der Waals surface area contributed by atoms with E-state index in [9.17, 15) is 10.2 Å². The molecule has 2 nitrogen and oxygen atoms in total. The van der Waals surface area contributed by atoms with Crippen LogP contribution in [0.5, 0.6) is 0 Å². The third-order valence-corrected chi connectivity index (χ3v) is 5.58. The Labute approximate surface area is 144 Å². The van der Waals surface area contributed by atoms with Gasteiger partial charge in [-0.3, -0.25) is 0 Å². The van der Waals surface area contributed by atoms with Gasteiger partial charge < -0.3 is 10.2 Å². The van der Waals surface area contributed by atoms with Crippen LogP contribution < -0.4 is 0 Å². The molecule has 1 unspecified atom stereocenters. The fraction of sp³-hybridized carbons (Fsp3) is 0.700. The van der Waals surface area contributed by atoms with Crippen LogP contribution >= 0.6 is 8.58 Å². The molecule has 1 aromatic rings. The van der Waals surface area contributed by atoms with E-state index >= 15 is 0 Å². The van der Waals surface area contributed by atoms with Crippen LogP contribution in [0.3, 0.4) is 0 Å². The van der Waals surface area contributed by atoms with Crippen molar-refractivity contribution >= 4 is 8.58 Å². The van der Waals surface area contributed by atoms with Crippen molar-refractivity contribution in [3.05, 3.63) is 35.9 Å². The van der Waals surface area contributed by atoms with E-state index in [2.05, 4.69) is 6.92 Å². The zero-order valence-electron chi connectivity index (χ0n) is 14.8. The number of hydrogen-bond donors (Lipinski definition) is 2. The summed E-state index contributed by atoms with van der Waals surface area (Å²) in [5.41, 5.74) is -0.534. The third-order valence-electron chi connectivity index (χ3n) is 4.23. The first-order chi connectivity index (χ1) is 11.1. The molecule has 0 fully saturated rings. The third kappa shape index (κ3) is 11.7. The molecule has 132 valence electrons. The Hall–Kier alpha value is -0.430. The Morgan fingerprint density at radius 1 is 0.783 bits per heavy atom. The zero-order chi connectivity index (χ0) is 16.8. The quantitative estimate of drug-likeness (QED) is 0.268. The van der Waals surface area contributed by atoms with Crippen LogP contribution in [0, 0.1) is 0 Å². The maximum atomic E-state index is 10.1. The summed E-state index contributed by atoms with van der Waals surface area (Å²) in [7, 11) is 0.208. The second-order valence-corrected chi connectivity index (χ2v) is 8.24. The Balaban J connectivity index is 1.95. The molecule has 0 saturated heterocycles. The van der Waals surface area contributed by atoms with Crippen LogP contribution in [0.4, 0.5) is 0 Å². The number of benzene rings is 1. The Kier molecular flexibility index (Phi) is 11.6. The molecule has 3 heteroatoms. The van der Waals surface area contributed by atoms with Crippen molar-refractivity contribution in [2.24, 2.45) is 0 Å². The van der Waals surface area contributed by atoms with Gasteiger partial charge in [-0.25, -0.2) is 0 Å². The van der Waals surface area contributed by atoms with E-state index in [0.29, 0.717) is 6.42 Å². The number of rotatable bonds is 14. The highest BCUT2D eigenvalue weighted by atomic mass is 31.1. The lowest BCUT2D eigenvalue weighted by molar-refractivity contribution is -0.0781. The maximum Gasteiger partial charge on any atom is 0.182 e. The Bertz CT molecular complexity index is 378. The van der Waals surface area contributed by atoms with Crippen molar-refractivity contribution in [1.82, 2.24) is 0 Å². The van der Waals surface area contributed by atoms with E-state index in [1.807, 2.05) is 30.3 Å². The van der Waals surface area contributed by atoms with Crippen molar-refractivity contribution in [1.29, 1.82) is 0 Å². The van der Waals surface area contributed by atoms with Gasteiger partial charge in [-0.05, 0) is 18.1 Å². The molecule has 23 heavy (non-hydrogen) atoms. The first-order valence-electron chi connectivity index (χ1n) is 9.38. The summed E-state index contributed by atoms with van der Waals surface area (Å²) in [6.07, 6.45) is 14.5. The van der Waals surface area contributed by atoms with E-state index in [1.165, 1.54) is 57.8 Å². The molecule has 0 amide bonds. The molecule has 0 bridgehead atoms. The predicted octanol–water partition coefficient (Wildman–Crippen LogP) is 5.47. The summed E-state index contributed by atoms with van der Waals surface area (Å²) in [4.78, 5) is 0. The summed E-state index contributed by atoms with van der Waals surface area (Å²) < 4.78 is 0. The summed E-state index contributed by atoms with van der Waals surface area (Å²) in [5, 5.41) is 20.2. The molecule has 1 aromatic carbocycles. The highest BCUT2D eigenvalue weighted by Crippen LogP contribution is 2.31. The fourth-order valence-electron chi connectivity index (χ4n) is 2.84. The van der Waals surface area contributed by atoms with E-state index in [-0.39, 0.29) is 8.58 Å². The van der Waals surface area contributed by atoms with E-state index in [4.69, 9.17) is 0 Å². The highest BCUT2D eigenvalue weighted by molar-refractivity contribution is 7.39. The van der Waals surface area contributed by atoms with Gasteiger partial charge in [-0.2, -0.15) is 0 Å². The van der Waals surface area contributed by atoms with Gasteiger partial charge in [0.2, 0.25) is 0 Å². The smallest absolute Gasteiger partial charge is 0.182 e. The lowest BCUT2D eigenvalue weighted by Gasteiger charge is -2.21. The van der Waals surface area contributed by atoms with Crippen LogP contribution in [0.2, 0.25) is 0 Å². The van der Waals surface area contributed by atoms with Gasteiger partial charge in [-0.1, -0.05) is 104 Å². The molecule has 0 saturated carbocycles. The Morgan fingerprint density at radius 2 is 1.30 bits per heavy atom. The SMILES string of the molecule is CCCCCCCCCCCCPC(O)(O)Cc1ccccc1. The Morgan fingerprint density at radius 3 is 1.87 bits per heavy atom. The molecule has 0 aliphatic carbocycles. The molecule has 0 aliphatic rings. The van der Waals surface area contributed by atoms with Gasteiger partial charge in [0.25, 0.3) is 0 Å². The first kappa shape index (κ1) is 20.6. The van der Waals surface area contributed by atoms with Crippen molar-refractivity contribution in [2.45, 2.75) is 83.1 Å². The van der Waals surface area contributed by atoms with Crippen LogP contribution in [0.1, 0.15) is 76.7 Å². The van der Waals surface area contributed by atoms with Gasteiger partial charge in [-0.15, -0.1) is 0 Å². The van der Waals surface area contributed by atoms with E-state index in [1.54, 1.807) is 0 Å². The molecule has 1 rings (SSSR count). The van der Waals surface area contributed by atoms with Gasteiger partial charge in [0.05, 0.1) is 0 Å². The maximum absolute atomic E-state index is 10.1. The summed E-state index contributed by atoms with van der Waals surface area (Å²) in [6, 6.07) is 9.73. The minimum atomic E-state index is -1.53. The molecule has 0 aliphatic heterocycles. The number of unbranched alkanes of at least 4 members (excludes halogenated alkanes) is 9. The molecule has 2 N–H and O–H groups in total. The van der Waals surface area contributed by atoms with Crippen LogP contribution in [-0.2, 0) is 6.42 Å². The lowest BCUT2D eigenvalue weighted by Crippen LogP contribution is -2.25. The largest absolute Gasteiger partial charge is 0.362 e. The van der Waals surface area contributed by atoms with Crippen molar-refractivity contribution < 1.29 is 10.2 Å². The molecule has 0 spiro atoms. The molecular weight excluding hydrogens is 303 g/mol. The monoisotopic (exact) mass is 338 g/mol. The fourth-order valence-corrected chi connectivity index (χ4v) is 4.00. The van der Waals surface area contributed by atoms with Gasteiger partial charge in [0, 0.05) is 6.42 Å². The standard InChI is InChI=1S/C20H35O2P/c1-2-3-4-5-6-7-8-9-10-14-17-23-20(21,22)18-19-15-12-11-13-16-19/h11-13,15-16,21-23H,2-10,14,17-18H2,1H3. The molecule has 0 radical (unpaired) electrons. The highest BCUT2D eigenvalue weighted by Gasteiger charge is 2.22. The van der Waals surface area contributed by atoms with Crippen molar-refractivity contribution in [3.8, 4) is 0 Å². The zero-order valence-corrected chi connectivity index (χ0v) is 15.8. The summed E-state index contributed by atoms with van der Waals surface area (Å²) in [5.74, 6) is 0. The van der Waals surface area contributed by atoms with Crippen molar-refractivity contribution in [2.75, 3.05) is 6.16 Å². The first-order valence-corrected chi connectivity index (χ1v) is 10.6. The number of aliphatic hydroxyl groups is 2. The molecule has 0 aromatic heterocycles. The predicted molar refractivity (Wildman–Crippen MR) is 102 cm³/mol. The topological polar surface area (TPSA) is 40.5 Å². The summed E-state index contributed by atoms with van der Waals surface area (Å²) >= 11 is 0. The van der Waals surface area contributed by atoms with E-state index in [0.717, 1.165) is 18.1 Å². The normalized spacial score (nSPS) is 12.3. The van der Waals surface area contributed by atoms with Gasteiger partial charge in [0.15, 0.2) is 5.53 Å². The average Bonchev–Trinajstić information content (AvgIpc) is 2.53. The minimum absolute atomic E-state index is 0.208. The van der Waals surface area contributed by atoms with Crippen molar-refractivity contribution in [3.63, 3.8) is 0 Å². The minimum Gasteiger partial charge on any atom is -0.362 e. The summed E-state index contributed by atoms with van der Waals surface area (Å²) in [6.45, 7) is 2.26. The molecule has 1 atom stereocenters. The average molecular weight is 338 g/mol. The van der Waals surface area contributed by atoms with Crippen LogP contribution in [-0.4, -0.2) is 21.9 Å². The van der Waals surface area contributed by atoms with E-state index < -0.39 is 5.53 Å². The van der Waals surface area contributed by atoms with Gasteiger partial charge in [0.1, 0.15) is 0 Å². The second kappa shape index (κ2) is 12.9. The lowest BCUT2D eigenvalue weighted by atomic mass is 10.1. The molecular formula is C20H35O2P. The second-order valence-electron chi connectivity index (χ2n) is 6.59.